The lowest BCUT2D eigenvalue weighted by Gasteiger charge is -2.17. The van der Waals surface area contributed by atoms with Crippen LogP contribution in [0.15, 0.2) is 48.5 Å². The molecule has 4 rings (SSSR count). The van der Waals surface area contributed by atoms with Gasteiger partial charge in [0.05, 0.1) is 11.2 Å². The third kappa shape index (κ3) is 1.60. The van der Waals surface area contributed by atoms with E-state index < -0.39 is 0 Å². The average Bonchev–Trinajstić information content (AvgIpc) is 2.83. The van der Waals surface area contributed by atoms with Crippen LogP contribution in [0, 0.1) is 5.82 Å². The van der Waals surface area contributed by atoms with Gasteiger partial charge in [-0.2, -0.15) is 0 Å². The summed E-state index contributed by atoms with van der Waals surface area (Å²) in [6, 6.07) is 15.3. The first-order valence-corrected chi connectivity index (χ1v) is 6.93. The highest BCUT2D eigenvalue weighted by atomic mass is 19.1. The molecule has 0 spiro atoms. The van der Waals surface area contributed by atoms with Crippen molar-refractivity contribution in [2.45, 2.75) is 13.0 Å². The van der Waals surface area contributed by atoms with Crippen LogP contribution in [-0.4, -0.2) is 11.1 Å². The molecule has 0 saturated heterocycles. The lowest BCUT2D eigenvalue weighted by atomic mass is 10.1. The smallest absolute Gasteiger partial charge is 0.147 e. The quantitative estimate of drug-likeness (QED) is 0.714. The van der Waals surface area contributed by atoms with Crippen molar-refractivity contribution in [3.8, 4) is 5.69 Å². The van der Waals surface area contributed by atoms with Gasteiger partial charge in [0.25, 0.3) is 0 Å². The fourth-order valence-electron chi connectivity index (χ4n) is 3.15. The van der Waals surface area contributed by atoms with Gasteiger partial charge in [-0.25, -0.2) is 4.39 Å². The molecule has 0 aliphatic carbocycles. The minimum atomic E-state index is -0.172. The van der Waals surface area contributed by atoms with Gasteiger partial charge < -0.3 is 9.88 Å². The number of hydrogen-bond donors (Lipinski definition) is 1. The summed E-state index contributed by atoms with van der Waals surface area (Å²) in [7, 11) is 0. The van der Waals surface area contributed by atoms with Gasteiger partial charge in [-0.05, 0) is 23.8 Å². The summed E-state index contributed by atoms with van der Waals surface area (Å²) >= 11 is 0. The zero-order valence-electron chi connectivity index (χ0n) is 11.1. The van der Waals surface area contributed by atoms with Gasteiger partial charge in [-0.3, -0.25) is 0 Å². The van der Waals surface area contributed by atoms with Gasteiger partial charge >= 0.3 is 0 Å². The Hall–Kier alpha value is -2.13. The van der Waals surface area contributed by atoms with Crippen molar-refractivity contribution in [1.29, 1.82) is 0 Å². The maximum Gasteiger partial charge on any atom is 0.147 e. The van der Waals surface area contributed by atoms with Crippen molar-refractivity contribution in [3.63, 3.8) is 0 Å². The van der Waals surface area contributed by atoms with Crippen LogP contribution < -0.4 is 5.32 Å². The Morgan fingerprint density at radius 1 is 1.00 bits per heavy atom. The molecule has 1 aromatic heterocycles. The van der Waals surface area contributed by atoms with Crippen LogP contribution in [0.3, 0.4) is 0 Å². The molecule has 3 aromatic rings. The second-order valence-corrected chi connectivity index (χ2v) is 5.16. The molecule has 0 radical (unpaired) electrons. The summed E-state index contributed by atoms with van der Waals surface area (Å²) in [6.07, 6.45) is 0.929. The molecule has 0 atom stereocenters. The number of para-hydroxylation sites is 2. The Morgan fingerprint density at radius 3 is 2.70 bits per heavy atom. The molecule has 3 heteroatoms. The summed E-state index contributed by atoms with van der Waals surface area (Å²) in [4.78, 5) is 0. The summed E-state index contributed by atoms with van der Waals surface area (Å²) in [6.45, 7) is 1.80. The summed E-state index contributed by atoms with van der Waals surface area (Å²) in [5, 5.41) is 4.63. The van der Waals surface area contributed by atoms with Crippen LogP contribution in [-0.2, 0) is 13.0 Å². The largest absolute Gasteiger partial charge is 0.312 e. The third-order valence-corrected chi connectivity index (χ3v) is 4.02. The first-order chi connectivity index (χ1) is 9.86. The second kappa shape index (κ2) is 4.46. The van der Waals surface area contributed by atoms with E-state index in [1.165, 1.54) is 22.7 Å². The van der Waals surface area contributed by atoms with E-state index in [1.807, 2.05) is 24.3 Å². The number of aromatic nitrogens is 1. The Morgan fingerprint density at radius 2 is 1.80 bits per heavy atom. The van der Waals surface area contributed by atoms with Gasteiger partial charge in [0.2, 0.25) is 0 Å². The van der Waals surface area contributed by atoms with Crippen molar-refractivity contribution in [1.82, 2.24) is 9.88 Å². The first-order valence-electron chi connectivity index (χ1n) is 6.93. The maximum atomic E-state index is 14.2. The SMILES string of the molecule is Fc1ccccc1-n1c2c(c3ccccc31)CNCC2. The molecule has 1 aliphatic heterocycles. The monoisotopic (exact) mass is 266 g/mol. The highest BCUT2D eigenvalue weighted by molar-refractivity contribution is 5.87. The van der Waals surface area contributed by atoms with Crippen LogP contribution in [0.25, 0.3) is 16.6 Å². The normalized spacial score (nSPS) is 14.4. The molecular formula is C17H15FN2. The second-order valence-electron chi connectivity index (χ2n) is 5.16. The van der Waals surface area contributed by atoms with E-state index >= 15 is 0 Å². The minimum Gasteiger partial charge on any atom is -0.312 e. The predicted molar refractivity (Wildman–Crippen MR) is 78.6 cm³/mol. The van der Waals surface area contributed by atoms with Gasteiger partial charge in [-0.1, -0.05) is 30.3 Å². The Kier molecular flexibility index (Phi) is 2.60. The number of nitrogens with zero attached hydrogens (tertiary/aromatic N) is 1. The Balaban J connectivity index is 2.11. The van der Waals surface area contributed by atoms with Crippen molar-refractivity contribution >= 4 is 10.9 Å². The Bertz CT molecular complexity index is 789. The molecule has 0 unspecified atom stereocenters. The van der Waals surface area contributed by atoms with E-state index in [-0.39, 0.29) is 5.82 Å². The Labute approximate surface area is 116 Å². The summed E-state index contributed by atoms with van der Waals surface area (Å²) in [5.41, 5.74) is 4.27. The van der Waals surface area contributed by atoms with Crippen LogP contribution in [0.2, 0.25) is 0 Å². The zero-order chi connectivity index (χ0) is 13.5. The van der Waals surface area contributed by atoms with Gasteiger partial charge in [0.1, 0.15) is 5.82 Å². The number of rotatable bonds is 1. The number of halogens is 1. The number of benzene rings is 2. The minimum absolute atomic E-state index is 0.172. The van der Waals surface area contributed by atoms with E-state index in [0.717, 1.165) is 25.0 Å². The average molecular weight is 266 g/mol. The highest BCUT2D eigenvalue weighted by Crippen LogP contribution is 2.32. The van der Waals surface area contributed by atoms with Crippen LogP contribution >= 0.6 is 0 Å². The fraction of sp³-hybridized carbons (Fsp3) is 0.176. The van der Waals surface area contributed by atoms with E-state index in [9.17, 15) is 4.39 Å². The molecular weight excluding hydrogens is 251 g/mol. The molecule has 2 aromatic carbocycles. The van der Waals surface area contributed by atoms with Gasteiger partial charge in [-0.15, -0.1) is 0 Å². The molecule has 0 amide bonds. The van der Waals surface area contributed by atoms with E-state index in [1.54, 1.807) is 6.07 Å². The van der Waals surface area contributed by atoms with Crippen LogP contribution in [0.4, 0.5) is 4.39 Å². The first kappa shape index (κ1) is 11.7. The van der Waals surface area contributed by atoms with E-state index in [4.69, 9.17) is 0 Å². The number of nitrogens with one attached hydrogen (secondary N) is 1. The molecule has 2 heterocycles. The highest BCUT2D eigenvalue weighted by Gasteiger charge is 2.21. The van der Waals surface area contributed by atoms with Crippen molar-refractivity contribution in [3.05, 3.63) is 65.6 Å². The molecule has 0 saturated carbocycles. The molecule has 0 bridgehead atoms. The third-order valence-electron chi connectivity index (χ3n) is 4.02. The van der Waals surface area contributed by atoms with Gasteiger partial charge in [0.15, 0.2) is 0 Å². The van der Waals surface area contributed by atoms with Crippen molar-refractivity contribution < 1.29 is 4.39 Å². The lowest BCUT2D eigenvalue weighted by molar-refractivity contribution is 0.604. The standard InChI is InChI=1S/C17H15FN2/c18-14-6-2-4-8-17(14)20-15-7-3-1-5-12(15)13-11-19-10-9-16(13)20/h1-8,19H,9-11H2. The molecule has 100 valence electrons. The molecule has 1 aliphatic rings. The molecule has 0 fully saturated rings. The van der Waals surface area contributed by atoms with E-state index in [0.29, 0.717) is 5.69 Å². The van der Waals surface area contributed by atoms with Gasteiger partial charge in [0, 0.05) is 30.6 Å². The summed E-state index contributed by atoms with van der Waals surface area (Å²) in [5.74, 6) is -0.172. The molecule has 2 nitrogen and oxygen atoms in total. The topological polar surface area (TPSA) is 17.0 Å². The summed E-state index contributed by atoms with van der Waals surface area (Å²) < 4.78 is 16.3. The molecule has 1 N–H and O–H groups in total. The maximum absolute atomic E-state index is 14.2. The van der Waals surface area contributed by atoms with Crippen molar-refractivity contribution in [2.24, 2.45) is 0 Å². The number of fused-ring (bicyclic) bond motifs is 3. The van der Waals surface area contributed by atoms with Crippen molar-refractivity contribution in [2.75, 3.05) is 6.54 Å². The molecule has 20 heavy (non-hydrogen) atoms. The van der Waals surface area contributed by atoms with Crippen LogP contribution in [0.5, 0.6) is 0 Å². The number of hydrogen-bond acceptors (Lipinski definition) is 1. The zero-order valence-corrected chi connectivity index (χ0v) is 11.1. The lowest BCUT2D eigenvalue weighted by Crippen LogP contribution is -2.24. The fourth-order valence-corrected chi connectivity index (χ4v) is 3.15. The van der Waals surface area contributed by atoms with E-state index in [2.05, 4.69) is 22.0 Å². The van der Waals surface area contributed by atoms with Crippen LogP contribution in [0.1, 0.15) is 11.3 Å². The predicted octanol–water partition coefficient (Wildman–Crippen LogP) is 3.42.